The molecule has 0 aliphatic rings. The number of anilines is 1. The molecule has 0 bridgehead atoms. The minimum atomic E-state index is -0.146. The topological polar surface area (TPSA) is 38.3 Å². The zero-order valence-electron chi connectivity index (χ0n) is 12.8. The molecule has 3 heteroatoms. The number of ether oxygens (including phenoxy) is 1. The van der Waals surface area contributed by atoms with Crippen molar-refractivity contribution in [2.24, 2.45) is 0 Å². The van der Waals surface area contributed by atoms with E-state index in [2.05, 4.69) is 36.5 Å². The summed E-state index contributed by atoms with van der Waals surface area (Å²) in [4.78, 5) is 11.2. The predicted molar refractivity (Wildman–Crippen MR) is 84.0 cm³/mol. The Kier molecular flexibility index (Phi) is 8.52. The lowest BCUT2D eigenvalue weighted by Gasteiger charge is -2.07. The summed E-state index contributed by atoms with van der Waals surface area (Å²) in [5.74, 6) is -0.146. The summed E-state index contributed by atoms with van der Waals surface area (Å²) in [7, 11) is 0. The first-order valence-electron chi connectivity index (χ1n) is 7.74. The van der Waals surface area contributed by atoms with Gasteiger partial charge in [-0.1, -0.05) is 38.3 Å². The van der Waals surface area contributed by atoms with Crippen LogP contribution in [-0.4, -0.2) is 19.1 Å². The van der Waals surface area contributed by atoms with Crippen LogP contribution in [0.3, 0.4) is 0 Å². The fraction of sp³-hybridized carbons (Fsp3) is 0.588. The van der Waals surface area contributed by atoms with Gasteiger partial charge in [0, 0.05) is 12.2 Å². The van der Waals surface area contributed by atoms with Gasteiger partial charge in [-0.3, -0.25) is 4.79 Å². The molecule has 0 saturated heterocycles. The van der Waals surface area contributed by atoms with E-state index in [1.54, 1.807) is 0 Å². The largest absolute Gasteiger partial charge is 0.466 e. The van der Waals surface area contributed by atoms with Crippen LogP contribution in [0.5, 0.6) is 0 Å². The highest BCUT2D eigenvalue weighted by atomic mass is 16.5. The Labute approximate surface area is 122 Å². The number of aryl methyl sites for hydroxylation is 1. The molecule has 1 aromatic rings. The van der Waals surface area contributed by atoms with Crippen LogP contribution in [-0.2, 0) is 16.0 Å². The summed E-state index contributed by atoms with van der Waals surface area (Å²) in [5.41, 5.74) is 2.45. The van der Waals surface area contributed by atoms with E-state index < -0.39 is 0 Å². The minimum Gasteiger partial charge on any atom is -0.466 e. The van der Waals surface area contributed by atoms with E-state index in [0.717, 1.165) is 12.1 Å². The van der Waals surface area contributed by atoms with Gasteiger partial charge in [-0.15, -0.1) is 0 Å². The molecule has 0 aliphatic carbocycles. The van der Waals surface area contributed by atoms with E-state index in [1.807, 2.05) is 6.92 Å². The fourth-order valence-corrected chi connectivity index (χ4v) is 2.09. The minimum absolute atomic E-state index is 0.146. The number of nitrogens with one attached hydrogen (secondary N) is 1. The van der Waals surface area contributed by atoms with Crippen LogP contribution in [0.1, 0.15) is 51.5 Å². The van der Waals surface area contributed by atoms with Gasteiger partial charge in [0.05, 0.1) is 13.0 Å². The number of benzene rings is 1. The average molecular weight is 277 g/mol. The molecule has 20 heavy (non-hydrogen) atoms. The molecule has 0 atom stereocenters. The molecule has 0 aliphatic heterocycles. The zero-order chi connectivity index (χ0) is 14.6. The van der Waals surface area contributed by atoms with Crippen LogP contribution in [0.2, 0.25) is 0 Å². The van der Waals surface area contributed by atoms with E-state index in [4.69, 9.17) is 4.74 Å². The van der Waals surface area contributed by atoms with Crippen molar-refractivity contribution in [3.63, 3.8) is 0 Å². The highest BCUT2D eigenvalue weighted by molar-refractivity contribution is 5.70. The highest BCUT2D eigenvalue weighted by Crippen LogP contribution is 2.12. The smallest absolute Gasteiger partial charge is 0.307 e. The van der Waals surface area contributed by atoms with Crippen LogP contribution < -0.4 is 5.32 Å². The maximum absolute atomic E-state index is 11.2. The molecule has 0 saturated carbocycles. The third-order valence-corrected chi connectivity index (χ3v) is 3.24. The molecular weight excluding hydrogens is 250 g/mol. The van der Waals surface area contributed by atoms with Gasteiger partial charge in [0.25, 0.3) is 0 Å². The standard InChI is InChI=1S/C17H27NO2/c1-3-5-6-7-8-15-9-11-16(12-10-15)18-14-13-17(19)20-4-2/h9-12,18H,3-8,13-14H2,1-2H3. The van der Waals surface area contributed by atoms with Crippen molar-refractivity contribution >= 4 is 11.7 Å². The Bertz CT molecular complexity index is 373. The lowest BCUT2D eigenvalue weighted by atomic mass is 10.1. The quantitative estimate of drug-likeness (QED) is 0.515. The summed E-state index contributed by atoms with van der Waals surface area (Å²) in [5, 5.41) is 3.24. The van der Waals surface area contributed by atoms with Gasteiger partial charge in [-0.05, 0) is 37.5 Å². The molecule has 0 spiro atoms. The fourth-order valence-electron chi connectivity index (χ4n) is 2.09. The van der Waals surface area contributed by atoms with Crippen molar-refractivity contribution in [3.8, 4) is 0 Å². The summed E-state index contributed by atoms with van der Waals surface area (Å²) in [6.07, 6.45) is 6.76. The normalized spacial score (nSPS) is 10.3. The number of carbonyl (C=O) groups is 1. The molecule has 0 unspecified atom stereocenters. The van der Waals surface area contributed by atoms with Gasteiger partial charge >= 0.3 is 5.97 Å². The third kappa shape index (κ3) is 7.17. The van der Waals surface area contributed by atoms with Crippen molar-refractivity contribution in [1.29, 1.82) is 0 Å². The Morgan fingerprint density at radius 3 is 2.50 bits per heavy atom. The van der Waals surface area contributed by atoms with E-state index in [0.29, 0.717) is 19.6 Å². The molecule has 0 amide bonds. The summed E-state index contributed by atoms with van der Waals surface area (Å²) in [6.45, 7) is 5.13. The molecule has 0 aromatic heterocycles. The first-order valence-corrected chi connectivity index (χ1v) is 7.74. The van der Waals surface area contributed by atoms with Crippen molar-refractivity contribution in [2.45, 2.75) is 52.4 Å². The van der Waals surface area contributed by atoms with Crippen molar-refractivity contribution in [3.05, 3.63) is 29.8 Å². The Hall–Kier alpha value is -1.51. The zero-order valence-corrected chi connectivity index (χ0v) is 12.8. The van der Waals surface area contributed by atoms with Crippen LogP contribution in [0.4, 0.5) is 5.69 Å². The molecule has 0 fully saturated rings. The summed E-state index contributed by atoms with van der Waals surface area (Å²) >= 11 is 0. The second-order valence-corrected chi connectivity index (χ2v) is 4.99. The van der Waals surface area contributed by atoms with E-state index in [9.17, 15) is 4.79 Å². The van der Waals surface area contributed by atoms with Gasteiger partial charge in [-0.25, -0.2) is 0 Å². The van der Waals surface area contributed by atoms with E-state index in [-0.39, 0.29) is 5.97 Å². The molecule has 0 radical (unpaired) electrons. The summed E-state index contributed by atoms with van der Waals surface area (Å²) in [6, 6.07) is 8.50. The second kappa shape index (κ2) is 10.3. The number of esters is 1. The molecule has 0 heterocycles. The van der Waals surface area contributed by atoms with Crippen LogP contribution >= 0.6 is 0 Å². The Morgan fingerprint density at radius 1 is 1.10 bits per heavy atom. The SMILES string of the molecule is CCCCCCc1ccc(NCCC(=O)OCC)cc1. The average Bonchev–Trinajstić information content (AvgIpc) is 2.45. The maximum Gasteiger partial charge on any atom is 0.307 e. The Balaban J connectivity index is 2.23. The molecule has 3 nitrogen and oxygen atoms in total. The van der Waals surface area contributed by atoms with Gasteiger partial charge in [0.2, 0.25) is 0 Å². The molecule has 1 rings (SSSR count). The first-order chi connectivity index (χ1) is 9.76. The van der Waals surface area contributed by atoms with Gasteiger partial charge in [0.15, 0.2) is 0 Å². The van der Waals surface area contributed by atoms with Crippen molar-refractivity contribution < 1.29 is 9.53 Å². The second-order valence-electron chi connectivity index (χ2n) is 4.99. The number of unbranched alkanes of at least 4 members (excludes halogenated alkanes) is 3. The van der Waals surface area contributed by atoms with Gasteiger partial charge in [0.1, 0.15) is 0 Å². The van der Waals surface area contributed by atoms with Crippen molar-refractivity contribution in [2.75, 3.05) is 18.5 Å². The number of hydrogen-bond donors (Lipinski definition) is 1. The summed E-state index contributed by atoms with van der Waals surface area (Å²) < 4.78 is 4.88. The monoisotopic (exact) mass is 277 g/mol. The van der Waals surface area contributed by atoms with Crippen molar-refractivity contribution in [1.82, 2.24) is 0 Å². The lowest BCUT2D eigenvalue weighted by Crippen LogP contribution is -2.11. The number of rotatable bonds is 10. The van der Waals surface area contributed by atoms with Crippen LogP contribution in [0, 0.1) is 0 Å². The first kappa shape index (κ1) is 16.5. The van der Waals surface area contributed by atoms with E-state index >= 15 is 0 Å². The van der Waals surface area contributed by atoms with E-state index in [1.165, 1.54) is 31.2 Å². The Morgan fingerprint density at radius 2 is 1.85 bits per heavy atom. The molecule has 1 aromatic carbocycles. The van der Waals surface area contributed by atoms with Crippen LogP contribution in [0.15, 0.2) is 24.3 Å². The highest BCUT2D eigenvalue weighted by Gasteiger charge is 2.01. The van der Waals surface area contributed by atoms with Gasteiger partial charge in [-0.2, -0.15) is 0 Å². The number of carbonyl (C=O) groups excluding carboxylic acids is 1. The maximum atomic E-state index is 11.2. The predicted octanol–water partition coefficient (Wildman–Crippen LogP) is 4.17. The van der Waals surface area contributed by atoms with Crippen LogP contribution in [0.25, 0.3) is 0 Å². The molecular formula is C17H27NO2. The molecule has 112 valence electrons. The lowest BCUT2D eigenvalue weighted by molar-refractivity contribution is -0.142. The van der Waals surface area contributed by atoms with Gasteiger partial charge < -0.3 is 10.1 Å². The number of hydrogen-bond acceptors (Lipinski definition) is 3. The third-order valence-electron chi connectivity index (χ3n) is 3.24. The molecule has 1 N–H and O–H groups in total.